The van der Waals surface area contributed by atoms with Crippen LogP contribution in [0.5, 0.6) is 5.75 Å². The molecule has 0 radical (unpaired) electrons. The van der Waals surface area contributed by atoms with Gasteiger partial charge in [-0.2, -0.15) is 13.2 Å². The maximum atomic E-state index is 12.6. The number of aromatic nitrogens is 2. The minimum atomic E-state index is -4.34. The quantitative estimate of drug-likeness (QED) is 0.721. The van der Waals surface area contributed by atoms with E-state index in [-0.39, 0.29) is 17.1 Å². The zero-order chi connectivity index (χ0) is 18.0. The van der Waals surface area contributed by atoms with Gasteiger partial charge in [-0.1, -0.05) is 29.4 Å². The standard InChI is InChI=1S/C17H13F3N2O3/c1-24-14-8-3-2-7-13(14)15-21-25-16(23)22(15)12-6-4-5-11(9-12)10-17(18,19)20/h2-9H,10H2,1H3. The molecule has 0 saturated carbocycles. The minimum Gasteiger partial charge on any atom is -0.496 e. The second kappa shape index (κ2) is 6.46. The molecule has 1 heterocycles. The van der Waals surface area contributed by atoms with Gasteiger partial charge in [-0.3, -0.25) is 4.52 Å². The Labute approximate surface area is 140 Å². The Morgan fingerprint density at radius 2 is 1.92 bits per heavy atom. The fraction of sp³-hybridized carbons (Fsp3) is 0.176. The Bertz CT molecular complexity index is 945. The van der Waals surface area contributed by atoms with Gasteiger partial charge in [-0.25, -0.2) is 9.36 Å². The SMILES string of the molecule is COc1ccccc1-c1noc(=O)n1-c1cccc(CC(F)(F)F)c1. The number of para-hydroxylation sites is 1. The lowest BCUT2D eigenvalue weighted by Crippen LogP contribution is -2.15. The van der Waals surface area contributed by atoms with Crippen molar-refractivity contribution in [2.75, 3.05) is 7.11 Å². The van der Waals surface area contributed by atoms with Crippen molar-refractivity contribution >= 4 is 0 Å². The molecular formula is C17H13F3N2O3. The average Bonchev–Trinajstić information content (AvgIpc) is 2.95. The van der Waals surface area contributed by atoms with E-state index in [1.807, 2.05) is 0 Å². The van der Waals surface area contributed by atoms with Gasteiger partial charge >= 0.3 is 11.9 Å². The second-order valence-electron chi connectivity index (χ2n) is 5.27. The number of ether oxygens (including phenoxy) is 1. The summed E-state index contributed by atoms with van der Waals surface area (Å²) in [6.07, 6.45) is -5.44. The summed E-state index contributed by atoms with van der Waals surface area (Å²) in [5.41, 5.74) is 0.745. The fourth-order valence-electron chi connectivity index (χ4n) is 2.51. The van der Waals surface area contributed by atoms with Gasteiger partial charge in [-0.05, 0) is 29.8 Å². The molecule has 0 spiro atoms. The molecule has 5 nitrogen and oxygen atoms in total. The van der Waals surface area contributed by atoms with E-state index < -0.39 is 18.4 Å². The highest BCUT2D eigenvalue weighted by Gasteiger charge is 2.28. The Kier molecular flexibility index (Phi) is 4.35. The van der Waals surface area contributed by atoms with E-state index in [0.29, 0.717) is 11.3 Å². The fourth-order valence-corrected chi connectivity index (χ4v) is 2.51. The van der Waals surface area contributed by atoms with Crippen molar-refractivity contribution in [1.29, 1.82) is 0 Å². The van der Waals surface area contributed by atoms with Crippen molar-refractivity contribution in [3.8, 4) is 22.8 Å². The largest absolute Gasteiger partial charge is 0.496 e. The number of alkyl halides is 3. The maximum absolute atomic E-state index is 12.6. The van der Waals surface area contributed by atoms with Gasteiger partial charge in [-0.15, -0.1) is 0 Å². The molecule has 0 fully saturated rings. The summed E-state index contributed by atoms with van der Waals surface area (Å²) in [6, 6.07) is 12.4. The van der Waals surface area contributed by atoms with E-state index in [0.717, 1.165) is 4.57 Å². The van der Waals surface area contributed by atoms with Crippen LogP contribution in [0.15, 0.2) is 57.8 Å². The summed E-state index contributed by atoms with van der Waals surface area (Å²) >= 11 is 0. The van der Waals surface area contributed by atoms with Crippen LogP contribution >= 0.6 is 0 Å². The van der Waals surface area contributed by atoms with Crippen molar-refractivity contribution in [2.45, 2.75) is 12.6 Å². The first kappa shape index (κ1) is 16.8. The van der Waals surface area contributed by atoms with Crippen molar-refractivity contribution in [2.24, 2.45) is 0 Å². The van der Waals surface area contributed by atoms with Gasteiger partial charge in [0, 0.05) is 0 Å². The molecule has 25 heavy (non-hydrogen) atoms. The smallest absolute Gasteiger partial charge is 0.446 e. The monoisotopic (exact) mass is 350 g/mol. The van der Waals surface area contributed by atoms with Crippen LogP contribution in [0.2, 0.25) is 0 Å². The third kappa shape index (κ3) is 3.57. The first-order valence-electron chi connectivity index (χ1n) is 7.27. The molecule has 0 unspecified atom stereocenters. The highest BCUT2D eigenvalue weighted by atomic mass is 19.4. The van der Waals surface area contributed by atoms with Crippen molar-refractivity contribution in [1.82, 2.24) is 9.72 Å². The summed E-state index contributed by atoms with van der Waals surface area (Å²) in [6.45, 7) is 0. The lowest BCUT2D eigenvalue weighted by molar-refractivity contribution is -0.127. The molecule has 3 aromatic rings. The summed E-state index contributed by atoms with van der Waals surface area (Å²) in [7, 11) is 1.46. The molecule has 8 heteroatoms. The molecule has 0 bridgehead atoms. The van der Waals surface area contributed by atoms with E-state index in [9.17, 15) is 18.0 Å². The molecule has 0 amide bonds. The first-order valence-corrected chi connectivity index (χ1v) is 7.27. The predicted molar refractivity (Wildman–Crippen MR) is 83.8 cm³/mol. The number of methoxy groups -OCH3 is 1. The van der Waals surface area contributed by atoms with Gasteiger partial charge in [0.25, 0.3) is 0 Å². The van der Waals surface area contributed by atoms with Crippen LogP contribution in [0.4, 0.5) is 13.2 Å². The van der Waals surface area contributed by atoms with Crippen LogP contribution in [-0.2, 0) is 6.42 Å². The van der Waals surface area contributed by atoms with Crippen molar-refractivity contribution in [3.63, 3.8) is 0 Å². The lowest BCUT2D eigenvalue weighted by atomic mass is 10.1. The van der Waals surface area contributed by atoms with Crippen molar-refractivity contribution in [3.05, 3.63) is 64.6 Å². The molecule has 0 atom stereocenters. The van der Waals surface area contributed by atoms with E-state index >= 15 is 0 Å². The Balaban J connectivity index is 2.12. The summed E-state index contributed by atoms with van der Waals surface area (Å²) in [5, 5.41) is 3.75. The molecule has 0 saturated heterocycles. The van der Waals surface area contributed by atoms with E-state index in [2.05, 4.69) is 5.16 Å². The number of nitrogens with zero attached hydrogens (tertiary/aromatic N) is 2. The number of halogens is 3. The minimum absolute atomic E-state index is 0.0316. The van der Waals surface area contributed by atoms with Crippen LogP contribution in [0.25, 0.3) is 17.1 Å². The van der Waals surface area contributed by atoms with E-state index in [4.69, 9.17) is 9.26 Å². The third-order valence-corrected chi connectivity index (χ3v) is 3.53. The molecule has 2 aromatic carbocycles. The van der Waals surface area contributed by atoms with Gasteiger partial charge in [0.05, 0.1) is 24.8 Å². The highest BCUT2D eigenvalue weighted by molar-refractivity contribution is 5.65. The van der Waals surface area contributed by atoms with Gasteiger partial charge in [0.1, 0.15) is 5.75 Å². The molecule has 0 aliphatic carbocycles. The molecule has 1 aromatic heterocycles. The summed E-state index contributed by atoms with van der Waals surface area (Å²) in [5.74, 6) is -0.201. The van der Waals surface area contributed by atoms with Crippen LogP contribution in [-0.4, -0.2) is 23.0 Å². The van der Waals surface area contributed by atoms with E-state index in [1.165, 1.54) is 31.4 Å². The third-order valence-electron chi connectivity index (χ3n) is 3.53. The Morgan fingerprint density at radius 3 is 2.64 bits per heavy atom. The van der Waals surface area contributed by atoms with E-state index in [1.54, 1.807) is 24.3 Å². The molecule has 130 valence electrons. The normalized spacial score (nSPS) is 11.5. The molecular weight excluding hydrogens is 337 g/mol. The molecule has 3 rings (SSSR count). The van der Waals surface area contributed by atoms with Crippen LogP contribution in [0, 0.1) is 0 Å². The average molecular weight is 350 g/mol. The maximum Gasteiger partial charge on any atom is 0.446 e. The number of benzene rings is 2. The van der Waals surface area contributed by atoms with Gasteiger partial charge < -0.3 is 4.74 Å². The van der Waals surface area contributed by atoms with Crippen LogP contribution in [0.1, 0.15) is 5.56 Å². The zero-order valence-electron chi connectivity index (χ0n) is 13.1. The second-order valence-corrected chi connectivity index (χ2v) is 5.27. The zero-order valence-corrected chi connectivity index (χ0v) is 13.1. The molecule has 0 aliphatic rings. The van der Waals surface area contributed by atoms with Gasteiger partial charge in [0.15, 0.2) is 5.82 Å². The Morgan fingerprint density at radius 1 is 1.16 bits per heavy atom. The first-order chi connectivity index (χ1) is 11.9. The Hall–Kier alpha value is -3.03. The number of hydrogen-bond donors (Lipinski definition) is 0. The topological polar surface area (TPSA) is 57.3 Å². The van der Waals surface area contributed by atoms with Crippen molar-refractivity contribution < 1.29 is 22.4 Å². The summed E-state index contributed by atoms with van der Waals surface area (Å²) in [4.78, 5) is 12.1. The number of hydrogen-bond acceptors (Lipinski definition) is 4. The molecule has 0 N–H and O–H groups in total. The summed E-state index contributed by atoms with van der Waals surface area (Å²) < 4.78 is 48.9. The predicted octanol–water partition coefficient (Wildman–Crippen LogP) is 3.61. The highest BCUT2D eigenvalue weighted by Crippen LogP contribution is 2.29. The van der Waals surface area contributed by atoms with Crippen LogP contribution in [0.3, 0.4) is 0 Å². The van der Waals surface area contributed by atoms with Crippen LogP contribution < -0.4 is 10.5 Å². The lowest BCUT2D eigenvalue weighted by Gasteiger charge is -2.10. The van der Waals surface area contributed by atoms with Gasteiger partial charge in [0.2, 0.25) is 0 Å². The molecule has 0 aliphatic heterocycles. The number of rotatable bonds is 4.